The van der Waals surface area contributed by atoms with Crippen LogP contribution in [0.25, 0.3) is 11.1 Å². The van der Waals surface area contributed by atoms with Crippen LogP contribution in [0.1, 0.15) is 33.0 Å². The number of ether oxygens (including phenoxy) is 1. The van der Waals surface area contributed by atoms with E-state index in [0.717, 1.165) is 33.9 Å². The number of phenols is 1. The number of likely N-dealkylation sites (N-methyl/N-ethyl adjacent to an activating group) is 1. The molecule has 0 saturated carbocycles. The Morgan fingerprint density at radius 3 is 2.14 bits per heavy atom. The van der Waals surface area contributed by atoms with Crippen molar-refractivity contribution in [3.63, 3.8) is 0 Å². The van der Waals surface area contributed by atoms with Crippen LogP contribution in [-0.4, -0.2) is 59.3 Å². The number of benzene rings is 4. The van der Waals surface area contributed by atoms with Crippen molar-refractivity contribution in [2.45, 2.75) is 18.5 Å². The van der Waals surface area contributed by atoms with Gasteiger partial charge in [-0.1, -0.05) is 78.9 Å². The molecule has 1 unspecified atom stereocenters. The zero-order valence-corrected chi connectivity index (χ0v) is 23.0. The molecular formula is C33H31N3O6. The monoisotopic (exact) mass is 565 g/mol. The maximum absolute atomic E-state index is 13.4. The molecule has 1 aliphatic carbocycles. The maximum Gasteiger partial charge on any atom is 0.407 e. The smallest absolute Gasteiger partial charge is 0.407 e. The van der Waals surface area contributed by atoms with E-state index in [1.54, 1.807) is 0 Å². The van der Waals surface area contributed by atoms with Crippen LogP contribution >= 0.6 is 0 Å². The van der Waals surface area contributed by atoms with Gasteiger partial charge in [-0.3, -0.25) is 9.69 Å². The van der Waals surface area contributed by atoms with Crippen molar-refractivity contribution < 1.29 is 29.3 Å². The molecule has 5 rings (SSSR count). The number of carboxylic acids is 1. The molecule has 0 saturated heterocycles. The number of amides is 2. The van der Waals surface area contributed by atoms with Crippen molar-refractivity contribution in [2.75, 3.05) is 25.5 Å². The lowest BCUT2D eigenvalue weighted by molar-refractivity contribution is -0.118. The first kappa shape index (κ1) is 28.4. The third-order valence-corrected chi connectivity index (χ3v) is 7.24. The van der Waals surface area contributed by atoms with Crippen molar-refractivity contribution in [1.29, 1.82) is 0 Å². The highest BCUT2D eigenvalue weighted by molar-refractivity contribution is 5.99. The highest BCUT2D eigenvalue weighted by Gasteiger charge is 2.30. The summed E-state index contributed by atoms with van der Waals surface area (Å²) in [5, 5.41) is 24.5. The number of rotatable bonds is 10. The van der Waals surface area contributed by atoms with E-state index in [1.165, 1.54) is 12.1 Å². The standard InChI is InChI=1S/C33H31N3O6/c1-36(18-21-9-3-2-4-10-21)19-29(31(38)34-22-15-16-30(37)27(17-22)32(39)40)35-33(41)42-20-28-25-13-7-5-11-23(25)24-12-6-8-14-26(24)28/h2-17,28-29,37H,18-20H2,1H3,(H,34,38)(H,35,41)(H,39,40). The Balaban J connectivity index is 1.30. The van der Waals surface area contributed by atoms with Crippen LogP contribution in [-0.2, 0) is 16.1 Å². The van der Waals surface area contributed by atoms with Crippen LogP contribution in [0.3, 0.4) is 0 Å². The summed E-state index contributed by atoms with van der Waals surface area (Å²) in [5.41, 5.74) is 5.21. The van der Waals surface area contributed by atoms with Crippen molar-refractivity contribution in [3.8, 4) is 16.9 Å². The molecule has 4 N–H and O–H groups in total. The van der Waals surface area contributed by atoms with Crippen molar-refractivity contribution in [1.82, 2.24) is 10.2 Å². The van der Waals surface area contributed by atoms with E-state index in [0.29, 0.717) is 6.54 Å². The van der Waals surface area contributed by atoms with Gasteiger partial charge < -0.3 is 25.6 Å². The Labute approximate surface area is 243 Å². The molecule has 42 heavy (non-hydrogen) atoms. The molecular weight excluding hydrogens is 534 g/mol. The number of aromatic hydroxyl groups is 1. The summed E-state index contributed by atoms with van der Waals surface area (Å²) in [6, 6.07) is 28.4. The summed E-state index contributed by atoms with van der Waals surface area (Å²) in [4.78, 5) is 39.8. The number of anilines is 1. The molecule has 1 aliphatic rings. The van der Waals surface area contributed by atoms with E-state index in [4.69, 9.17) is 4.74 Å². The van der Waals surface area contributed by atoms with E-state index >= 15 is 0 Å². The number of alkyl carbamates (subject to hydrolysis) is 1. The Morgan fingerprint density at radius 1 is 0.881 bits per heavy atom. The van der Waals surface area contributed by atoms with Crippen LogP contribution in [0.4, 0.5) is 10.5 Å². The minimum Gasteiger partial charge on any atom is -0.507 e. The molecule has 2 amide bonds. The van der Waals surface area contributed by atoms with E-state index < -0.39 is 29.8 Å². The molecule has 0 fully saturated rings. The molecule has 4 aromatic carbocycles. The second-order valence-corrected chi connectivity index (χ2v) is 10.2. The Hall–Kier alpha value is -5.15. The summed E-state index contributed by atoms with van der Waals surface area (Å²) >= 11 is 0. The van der Waals surface area contributed by atoms with Gasteiger partial charge in [0.2, 0.25) is 5.91 Å². The number of carboxylic acid groups (broad SMARTS) is 1. The van der Waals surface area contributed by atoms with Gasteiger partial charge in [-0.05, 0) is 53.1 Å². The van der Waals surface area contributed by atoms with E-state index in [1.807, 2.05) is 78.7 Å². The quantitative estimate of drug-likeness (QED) is 0.198. The predicted octanol–water partition coefficient (Wildman–Crippen LogP) is 5.07. The summed E-state index contributed by atoms with van der Waals surface area (Å²) in [6.07, 6.45) is -0.748. The minimum atomic E-state index is -1.33. The first-order valence-corrected chi connectivity index (χ1v) is 13.5. The zero-order valence-electron chi connectivity index (χ0n) is 23.0. The summed E-state index contributed by atoms with van der Waals surface area (Å²) < 4.78 is 5.68. The Bertz CT molecular complexity index is 1560. The Morgan fingerprint density at radius 2 is 1.50 bits per heavy atom. The molecule has 0 spiro atoms. The van der Waals surface area contributed by atoms with Crippen LogP contribution < -0.4 is 10.6 Å². The lowest BCUT2D eigenvalue weighted by Gasteiger charge is -2.25. The number of hydrogen-bond donors (Lipinski definition) is 4. The van der Waals surface area contributed by atoms with E-state index in [2.05, 4.69) is 22.8 Å². The fourth-order valence-electron chi connectivity index (χ4n) is 5.26. The molecule has 0 heterocycles. The molecule has 4 aromatic rings. The number of carbonyl (C=O) groups is 3. The van der Waals surface area contributed by atoms with Gasteiger partial charge in [0.1, 0.15) is 24.0 Å². The SMILES string of the molecule is CN(Cc1ccccc1)CC(NC(=O)OCC1c2ccccc2-c2ccccc21)C(=O)Nc1ccc(O)c(C(=O)O)c1. The second kappa shape index (κ2) is 12.6. The third-order valence-electron chi connectivity index (χ3n) is 7.24. The van der Waals surface area contributed by atoms with E-state index in [-0.39, 0.29) is 30.3 Å². The first-order valence-electron chi connectivity index (χ1n) is 13.5. The van der Waals surface area contributed by atoms with Gasteiger partial charge in [-0.25, -0.2) is 9.59 Å². The number of aromatic carboxylic acids is 1. The number of hydrogen-bond acceptors (Lipinski definition) is 6. The number of nitrogens with zero attached hydrogens (tertiary/aromatic N) is 1. The number of carbonyl (C=O) groups excluding carboxylic acids is 2. The van der Waals surface area contributed by atoms with Gasteiger partial charge in [-0.15, -0.1) is 0 Å². The highest BCUT2D eigenvalue weighted by Crippen LogP contribution is 2.44. The molecule has 9 nitrogen and oxygen atoms in total. The first-order chi connectivity index (χ1) is 20.3. The van der Waals surface area contributed by atoms with Crippen LogP contribution in [0.15, 0.2) is 97.1 Å². The molecule has 0 radical (unpaired) electrons. The third kappa shape index (κ3) is 6.42. The number of fused-ring (bicyclic) bond motifs is 3. The van der Waals surface area contributed by atoms with Crippen molar-refractivity contribution in [2.24, 2.45) is 0 Å². The van der Waals surface area contributed by atoms with Gasteiger partial charge in [0.15, 0.2) is 0 Å². The molecule has 9 heteroatoms. The average molecular weight is 566 g/mol. The van der Waals surface area contributed by atoms with Gasteiger partial charge in [0.05, 0.1) is 0 Å². The maximum atomic E-state index is 13.4. The number of nitrogens with one attached hydrogen (secondary N) is 2. The lowest BCUT2D eigenvalue weighted by atomic mass is 9.98. The van der Waals surface area contributed by atoms with Crippen LogP contribution in [0.2, 0.25) is 0 Å². The molecule has 214 valence electrons. The average Bonchev–Trinajstić information content (AvgIpc) is 3.30. The van der Waals surface area contributed by atoms with Crippen molar-refractivity contribution >= 4 is 23.7 Å². The molecule has 0 bridgehead atoms. The normalized spacial score (nSPS) is 12.7. The van der Waals surface area contributed by atoms with Gasteiger partial charge in [0, 0.05) is 24.7 Å². The van der Waals surface area contributed by atoms with Gasteiger partial charge in [-0.2, -0.15) is 0 Å². The zero-order chi connectivity index (χ0) is 29.6. The summed E-state index contributed by atoms with van der Waals surface area (Å²) in [6.45, 7) is 0.766. The topological polar surface area (TPSA) is 128 Å². The Kier molecular flexibility index (Phi) is 8.50. The predicted molar refractivity (Wildman–Crippen MR) is 158 cm³/mol. The van der Waals surface area contributed by atoms with Gasteiger partial charge >= 0.3 is 12.1 Å². The van der Waals surface area contributed by atoms with E-state index in [9.17, 15) is 24.6 Å². The minimum absolute atomic E-state index is 0.0913. The van der Waals surface area contributed by atoms with Gasteiger partial charge in [0.25, 0.3) is 0 Å². The lowest BCUT2D eigenvalue weighted by Crippen LogP contribution is -2.50. The largest absolute Gasteiger partial charge is 0.507 e. The molecule has 1 atom stereocenters. The molecule has 0 aliphatic heterocycles. The fraction of sp³-hybridized carbons (Fsp3) is 0.182. The fourth-order valence-corrected chi connectivity index (χ4v) is 5.26. The molecule has 0 aromatic heterocycles. The summed E-state index contributed by atoms with van der Waals surface area (Å²) in [7, 11) is 1.83. The van der Waals surface area contributed by atoms with Crippen LogP contribution in [0.5, 0.6) is 5.75 Å². The van der Waals surface area contributed by atoms with Crippen molar-refractivity contribution in [3.05, 3.63) is 119 Å². The second-order valence-electron chi connectivity index (χ2n) is 10.2. The highest BCUT2D eigenvalue weighted by atomic mass is 16.5. The summed E-state index contributed by atoms with van der Waals surface area (Å²) in [5.74, 6) is -2.45. The van der Waals surface area contributed by atoms with Crippen LogP contribution in [0, 0.1) is 0 Å².